The summed E-state index contributed by atoms with van der Waals surface area (Å²) in [6, 6.07) is 16.4. The van der Waals surface area contributed by atoms with Crippen LogP contribution in [0.3, 0.4) is 0 Å². The average molecular weight is 273 g/mol. The summed E-state index contributed by atoms with van der Waals surface area (Å²) in [5, 5.41) is 1.14. The number of rotatable bonds is 1. The number of hydrogen-bond acceptors (Lipinski definition) is 1. The summed E-state index contributed by atoms with van der Waals surface area (Å²) in [4.78, 5) is 4.34. The van der Waals surface area contributed by atoms with Crippen molar-refractivity contribution in [1.82, 2.24) is 8.58 Å². The van der Waals surface area contributed by atoms with Crippen LogP contribution in [-0.2, 0) is 0 Å². The predicted octanol–water partition coefficient (Wildman–Crippen LogP) is 3.86. The van der Waals surface area contributed by atoms with E-state index in [1.807, 2.05) is 27.9 Å². The topological polar surface area (TPSA) is 17.8 Å². The van der Waals surface area contributed by atoms with E-state index in [0.717, 1.165) is 16.7 Å². The minimum atomic E-state index is 0.946. The molecule has 3 heteroatoms. The molecule has 0 aliphatic rings. The van der Waals surface area contributed by atoms with Gasteiger partial charge in [0.25, 0.3) is 0 Å². The third-order valence-electron chi connectivity index (χ3n) is 2.58. The van der Waals surface area contributed by atoms with Crippen LogP contribution in [0.2, 0.25) is 0 Å². The summed E-state index contributed by atoms with van der Waals surface area (Å²) < 4.78 is 1.94. The van der Waals surface area contributed by atoms with Crippen molar-refractivity contribution in [2.45, 2.75) is 0 Å². The number of aromatic nitrogens is 2. The smallest absolute Gasteiger partial charge is 0.150 e. The zero-order valence-electron chi connectivity index (χ0n) is 8.47. The zero-order chi connectivity index (χ0) is 11.0. The average Bonchev–Trinajstić information content (AvgIpc) is 2.69. The summed E-state index contributed by atoms with van der Waals surface area (Å²) in [6.07, 6.45) is 1.80. The van der Waals surface area contributed by atoms with E-state index in [0.29, 0.717) is 0 Å². The number of hydrogen-bond donors (Lipinski definition) is 0. The summed E-state index contributed by atoms with van der Waals surface area (Å²) in [5.41, 5.74) is 3.24. The second-order valence-corrected chi connectivity index (χ2v) is 4.30. The van der Waals surface area contributed by atoms with Crippen molar-refractivity contribution in [2.24, 2.45) is 0 Å². The van der Waals surface area contributed by atoms with E-state index in [9.17, 15) is 0 Å². The lowest BCUT2D eigenvalue weighted by Gasteiger charge is -2.00. The van der Waals surface area contributed by atoms with Gasteiger partial charge in [-0.15, -0.1) is 0 Å². The molecule has 2 aromatic heterocycles. The quantitative estimate of drug-likeness (QED) is 0.658. The summed E-state index contributed by atoms with van der Waals surface area (Å²) in [7, 11) is 0. The Balaban J connectivity index is 2.29. The van der Waals surface area contributed by atoms with Gasteiger partial charge in [0, 0.05) is 11.6 Å². The highest BCUT2D eigenvalue weighted by atomic mass is 79.9. The van der Waals surface area contributed by atoms with E-state index in [1.54, 1.807) is 6.20 Å². The van der Waals surface area contributed by atoms with E-state index in [4.69, 9.17) is 0 Å². The van der Waals surface area contributed by atoms with Gasteiger partial charge >= 0.3 is 0 Å². The highest BCUT2D eigenvalue weighted by Gasteiger charge is 2.08. The van der Waals surface area contributed by atoms with Crippen molar-refractivity contribution in [3.63, 3.8) is 0 Å². The Morgan fingerprint density at radius 3 is 2.56 bits per heavy atom. The molecular weight excluding hydrogens is 264 g/mol. The SMILES string of the molecule is Brn1c(-c2ccccc2)cc2cccnc21. The number of fused-ring (bicyclic) bond motifs is 1. The van der Waals surface area contributed by atoms with Crippen molar-refractivity contribution in [3.8, 4) is 11.3 Å². The maximum absolute atomic E-state index is 4.34. The first kappa shape index (κ1) is 9.60. The first-order chi connectivity index (χ1) is 7.86. The Labute approximate surface area is 102 Å². The summed E-state index contributed by atoms with van der Waals surface area (Å²) in [6.45, 7) is 0. The van der Waals surface area contributed by atoms with Gasteiger partial charge in [-0.3, -0.25) is 3.59 Å². The Hall–Kier alpha value is -1.61. The fourth-order valence-corrected chi connectivity index (χ4v) is 2.41. The molecular formula is C13H9BrN2. The molecule has 2 heterocycles. The number of benzene rings is 1. The highest BCUT2D eigenvalue weighted by molar-refractivity contribution is 9.08. The molecule has 0 bridgehead atoms. The third-order valence-corrected chi connectivity index (χ3v) is 3.29. The zero-order valence-corrected chi connectivity index (χ0v) is 10.1. The monoisotopic (exact) mass is 272 g/mol. The Morgan fingerprint density at radius 1 is 1.00 bits per heavy atom. The molecule has 1 aromatic carbocycles. The van der Waals surface area contributed by atoms with E-state index < -0.39 is 0 Å². The Morgan fingerprint density at radius 2 is 1.81 bits per heavy atom. The van der Waals surface area contributed by atoms with Gasteiger partial charge in [0.1, 0.15) is 0 Å². The van der Waals surface area contributed by atoms with Gasteiger partial charge in [-0.25, -0.2) is 4.98 Å². The molecule has 0 fully saturated rings. The number of pyridine rings is 1. The lowest BCUT2D eigenvalue weighted by molar-refractivity contribution is 1.28. The highest BCUT2D eigenvalue weighted by Crippen LogP contribution is 2.28. The Bertz CT molecular complexity index is 629. The predicted molar refractivity (Wildman–Crippen MR) is 69.5 cm³/mol. The molecule has 0 aliphatic heterocycles. The van der Waals surface area contributed by atoms with Gasteiger partial charge in [0.15, 0.2) is 5.65 Å². The molecule has 2 nitrogen and oxygen atoms in total. The maximum Gasteiger partial charge on any atom is 0.150 e. The molecule has 0 N–H and O–H groups in total. The lowest BCUT2D eigenvalue weighted by atomic mass is 10.1. The van der Waals surface area contributed by atoms with E-state index in [2.05, 4.69) is 45.4 Å². The van der Waals surface area contributed by atoms with E-state index in [-0.39, 0.29) is 0 Å². The normalized spacial score (nSPS) is 10.8. The van der Waals surface area contributed by atoms with Crippen LogP contribution >= 0.6 is 16.1 Å². The van der Waals surface area contributed by atoms with Crippen LogP contribution in [0, 0.1) is 0 Å². The molecule has 0 spiro atoms. The van der Waals surface area contributed by atoms with Gasteiger partial charge < -0.3 is 0 Å². The second-order valence-electron chi connectivity index (χ2n) is 3.59. The van der Waals surface area contributed by atoms with Crippen molar-refractivity contribution in [3.05, 3.63) is 54.7 Å². The lowest BCUT2D eigenvalue weighted by Crippen LogP contribution is -1.85. The van der Waals surface area contributed by atoms with Gasteiger partial charge in [-0.05, 0) is 23.8 Å². The van der Waals surface area contributed by atoms with Crippen LogP contribution < -0.4 is 0 Å². The van der Waals surface area contributed by atoms with Crippen LogP contribution in [0.25, 0.3) is 22.3 Å². The molecule has 16 heavy (non-hydrogen) atoms. The molecule has 0 radical (unpaired) electrons. The minimum absolute atomic E-state index is 0.946. The molecule has 3 aromatic rings. The van der Waals surface area contributed by atoms with Crippen LogP contribution in [0.15, 0.2) is 54.7 Å². The third kappa shape index (κ3) is 1.44. The number of halogens is 1. The van der Waals surface area contributed by atoms with Crippen LogP contribution in [0.1, 0.15) is 0 Å². The standard InChI is InChI=1S/C13H9BrN2/c14-16-12(10-5-2-1-3-6-10)9-11-7-4-8-15-13(11)16/h1-9H. The fraction of sp³-hybridized carbons (Fsp3) is 0. The molecule has 0 atom stereocenters. The van der Waals surface area contributed by atoms with Gasteiger partial charge in [0.2, 0.25) is 0 Å². The van der Waals surface area contributed by atoms with E-state index >= 15 is 0 Å². The van der Waals surface area contributed by atoms with Crippen molar-refractivity contribution < 1.29 is 0 Å². The van der Waals surface area contributed by atoms with Gasteiger partial charge in [0.05, 0.1) is 21.8 Å². The van der Waals surface area contributed by atoms with Crippen molar-refractivity contribution in [2.75, 3.05) is 0 Å². The van der Waals surface area contributed by atoms with Crippen molar-refractivity contribution >= 4 is 27.2 Å². The molecule has 0 saturated carbocycles. The largest absolute Gasteiger partial charge is 0.259 e. The molecule has 0 aliphatic carbocycles. The minimum Gasteiger partial charge on any atom is -0.259 e. The van der Waals surface area contributed by atoms with Crippen LogP contribution in [0.5, 0.6) is 0 Å². The summed E-state index contributed by atoms with van der Waals surface area (Å²) in [5.74, 6) is 0. The van der Waals surface area contributed by atoms with E-state index in [1.165, 1.54) is 5.56 Å². The fourth-order valence-electron chi connectivity index (χ4n) is 1.81. The van der Waals surface area contributed by atoms with Gasteiger partial charge in [-0.1, -0.05) is 30.3 Å². The Kier molecular flexibility index (Phi) is 2.26. The first-order valence-electron chi connectivity index (χ1n) is 5.04. The molecule has 0 amide bonds. The molecule has 78 valence electrons. The molecule has 0 unspecified atom stereocenters. The van der Waals surface area contributed by atoms with Crippen LogP contribution in [-0.4, -0.2) is 8.58 Å². The maximum atomic E-state index is 4.34. The van der Waals surface area contributed by atoms with Crippen LogP contribution in [0.4, 0.5) is 0 Å². The van der Waals surface area contributed by atoms with Crippen molar-refractivity contribution in [1.29, 1.82) is 0 Å². The summed E-state index contributed by atoms with van der Waals surface area (Å²) >= 11 is 3.54. The molecule has 3 rings (SSSR count). The number of nitrogens with zero attached hydrogens (tertiary/aromatic N) is 2. The first-order valence-corrected chi connectivity index (χ1v) is 5.75. The molecule has 0 saturated heterocycles. The second kappa shape index (κ2) is 3.76. The van der Waals surface area contributed by atoms with Gasteiger partial charge in [-0.2, -0.15) is 0 Å².